The zero-order valence-electron chi connectivity index (χ0n) is 9.04. The first-order chi connectivity index (χ1) is 7.02. The van der Waals surface area contributed by atoms with E-state index >= 15 is 0 Å². The van der Waals surface area contributed by atoms with Crippen molar-refractivity contribution in [3.8, 4) is 11.5 Å². The summed E-state index contributed by atoms with van der Waals surface area (Å²) in [6.07, 6.45) is 0. The van der Waals surface area contributed by atoms with Crippen LogP contribution in [0.25, 0.3) is 0 Å². The van der Waals surface area contributed by atoms with E-state index in [9.17, 15) is 5.11 Å². The van der Waals surface area contributed by atoms with E-state index < -0.39 is 0 Å². The van der Waals surface area contributed by atoms with Crippen molar-refractivity contribution in [2.24, 2.45) is 0 Å². The maximum atomic E-state index is 9.99. The highest BCUT2D eigenvalue weighted by atomic mass is 79.9. The minimum atomic E-state index is -0.105. The first kappa shape index (κ1) is 12.3. The zero-order valence-corrected chi connectivity index (χ0v) is 10.6. The van der Waals surface area contributed by atoms with Gasteiger partial charge >= 0.3 is 0 Å². The number of hydrogen-bond acceptors (Lipinski definition) is 3. The van der Waals surface area contributed by atoms with E-state index in [0.717, 1.165) is 11.1 Å². The van der Waals surface area contributed by atoms with Crippen LogP contribution in [0.1, 0.15) is 24.0 Å². The second-order valence-corrected chi connectivity index (χ2v) is 4.41. The van der Waals surface area contributed by atoms with Gasteiger partial charge in [0.1, 0.15) is 0 Å². The second kappa shape index (κ2) is 4.86. The average Bonchev–Trinajstić information content (AvgIpc) is 2.17. The molecule has 0 aliphatic rings. The van der Waals surface area contributed by atoms with E-state index in [0.29, 0.717) is 10.2 Å². The van der Waals surface area contributed by atoms with E-state index in [1.54, 1.807) is 0 Å². The third-order valence-electron chi connectivity index (χ3n) is 2.43. The van der Waals surface area contributed by atoms with Gasteiger partial charge in [-0.15, -0.1) is 0 Å². The minimum Gasteiger partial charge on any atom is -0.504 e. The van der Waals surface area contributed by atoms with Crippen LogP contribution in [0.15, 0.2) is 10.5 Å². The molecule has 0 fully saturated rings. The van der Waals surface area contributed by atoms with E-state index in [1.807, 2.05) is 19.9 Å². The Bertz CT molecular complexity index is 363. The van der Waals surface area contributed by atoms with Gasteiger partial charge in [0, 0.05) is 18.1 Å². The predicted molar refractivity (Wildman–Crippen MR) is 62.6 cm³/mol. The molecule has 0 saturated heterocycles. The van der Waals surface area contributed by atoms with Gasteiger partial charge in [0.2, 0.25) is 0 Å². The number of benzene rings is 1. The molecule has 0 aliphatic carbocycles. The van der Waals surface area contributed by atoms with Gasteiger partial charge in [-0.1, -0.05) is 6.92 Å². The highest BCUT2D eigenvalue weighted by Gasteiger charge is 2.19. The molecule has 3 nitrogen and oxygen atoms in total. The number of methoxy groups -OCH3 is 1. The third kappa shape index (κ3) is 2.26. The standard InChI is InChI=1S/C11H15BrO3/c1-6-4-8(12)11(15-3)10(14)9(6)7(2)5-13/h4,7,13-14H,5H2,1-3H3. The van der Waals surface area contributed by atoms with Gasteiger partial charge in [-0.25, -0.2) is 0 Å². The van der Waals surface area contributed by atoms with Crippen molar-refractivity contribution in [1.29, 1.82) is 0 Å². The van der Waals surface area contributed by atoms with Crippen molar-refractivity contribution in [3.05, 3.63) is 21.7 Å². The van der Waals surface area contributed by atoms with Crippen LogP contribution in [0.2, 0.25) is 0 Å². The Balaban J connectivity index is 3.38. The SMILES string of the molecule is COc1c(Br)cc(C)c(C(C)CO)c1O. The van der Waals surface area contributed by atoms with Crippen LogP contribution in [0.3, 0.4) is 0 Å². The highest BCUT2D eigenvalue weighted by Crippen LogP contribution is 2.42. The van der Waals surface area contributed by atoms with Gasteiger partial charge < -0.3 is 14.9 Å². The van der Waals surface area contributed by atoms with Crippen LogP contribution in [0.4, 0.5) is 0 Å². The molecule has 0 amide bonds. The largest absolute Gasteiger partial charge is 0.504 e. The van der Waals surface area contributed by atoms with Gasteiger partial charge in [-0.05, 0) is 34.5 Å². The van der Waals surface area contributed by atoms with Crippen molar-refractivity contribution in [2.75, 3.05) is 13.7 Å². The topological polar surface area (TPSA) is 49.7 Å². The number of phenolic OH excluding ortho intramolecular Hbond substituents is 1. The number of rotatable bonds is 3. The van der Waals surface area contributed by atoms with Gasteiger partial charge in [0.05, 0.1) is 11.6 Å². The highest BCUT2D eigenvalue weighted by molar-refractivity contribution is 9.10. The number of phenols is 1. The molecule has 1 aromatic rings. The van der Waals surface area contributed by atoms with Crippen molar-refractivity contribution in [1.82, 2.24) is 0 Å². The monoisotopic (exact) mass is 274 g/mol. The summed E-state index contributed by atoms with van der Waals surface area (Å²) in [7, 11) is 1.50. The summed E-state index contributed by atoms with van der Waals surface area (Å²) in [5.41, 5.74) is 1.67. The minimum absolute atomic E-state index is 0.000807. The Morgan fingerprint density at radius 3 is 2.60 bits per heavy atom. The van der Waals surface area contributed by atoms with Crippen molar-refractivity contribution in [3.63, 3.8) is 0 Å². The molecule has 0 aromatic heterocycles. The molecule has 1 rings (SSSR count). The molecule has 0 heterocycles. The summed E-state index contributed by atoms with van der Waals surface area (Å²) < 4.78 is 5.80. The summed E-state index contributed by atoms with van der Waals surface area (Å²) in [6, 6.07) is 1.88. The van der Waals surface area contributed by atoms with Crippen LogP contribution < -0.4 is 4.74 Å². The second-order valence-electron chi connectivity index (χ2n) is 3.55. The number of aromatic hydroxyl groups is 1. The van der Waals surface area contributed by atoms with Gasteiger partial charge in [0.25, 0.3) is 0 Å². The van der Waals surface area contributed by atoms with Crippen molar-refractivity contribution >= 4 is 15.9 Å². The Morgan fingerprint density at radius 2 is 2.13 bits per heavy atom. The molecule has 0 spiro atoms. The van der Waals surface area contributed by atoms with E-state index in [4.69, 9.17) is 9.84 Å². The fraction of sp³-hybridized carbons (Fsp3) is 0.455. The molecule has 15 heavy (non-hydrogen) atoms. The number of hydrogen-bond donors (Lipinski definition) is 2. The summed E-state index contributed by atoms with van der Waals surface area (Å²) >= 11 is 3.32. The fourth-order valence-electron chi connectivity index (χ4n) is 1.66. The lowest BCUT2D eigenvalue weighted by atomic mass is 9.95. The third-order valence-corrected chi connectivity index (χ3v) is 3.02. The number of ether oxygens (including phenoxy) is 1. The molecule has 84 valence electrons. The number of halogens is 1. The van der Waals surface area contributed by atoms with Crippen LogP contribution in [-0.2, 0) is 0 Å². The fourth-order valence-corrected chi connectivity index (χ4v) is 2.36. The molecular formula is C11H15BrO3. The molecule has 1 unspecified atom stereocenters. The van der Waals surface area contributed by atoms with Gasteiger partial charge in [0.15, 0.2) is 11.5 Å². The zero-order chi connectivity index (χ0) is 11.6. The Labute approximate surface area is 97.8 Å². The lowest BCUT2D eigenvalue weighted by molar-refractivity contribution is 0.268. The quantitative estimate of drug-likeness (QED) is 0.891. The Morgan fingerprint density at radius 1 is 1.53 bits per heavy atom. The molecular weight excluding hydrogens is 260 g/mol. The van der Waals surface area contributed by atoms with Crippen LogP contribution in [-0.4, -0.2) is 23.9 Å². The van der Waals surface area contributed by atoms with Crippen molar-refractivity contribution < 1.29 is 14.9 Å². The lowest BCUT2D eigenvalue weighted by Gasteiger charge is -2.17. The van der Waals surface area contributed by atoms with Crippen molar-refractivity contribution in [2.45, 2.75) is 19.8 Å². The molecule has 0 radical (unpaired) electrons. The molecule has 0 saturated carbocycles. The van der Waals surface area contributed by atoms with Gasteiger partial charge in [-0.2, -0.15) is 0 Å². The van der Waals surface area contributed by atoms with E-state index in [-0.39, 0.29) is 18.3 Å². The summed E-state index contributed by atoms with van der Waals surface area (Å²) in [5.74, 6) is 0.411. The number of aryl methyl sites for hydroxylation is 1. The molecule has 1 atom stereocenters. The first-order valence-corrected chi connectivity index (χ1v) is 5.49. The summed E-state index contributed by atoms with van der Waals surface area (Å²) in [5, 5.41) is 19.1. The normalized spacial score (nSPS) is 12.6. The smallest absolute Gasteiger partial charge is 0.174 e. The van der Waals surface area contributed by atoms with E-state index in [1.165, 1.54) is 7.11 Å². The lowest BCUT2D eigenvalue weighted by Crippen LogP contribution is -2.03. The van der Waals surface area contributed by atoms with Crippen LogP contribution >= 0.6 is 15.9 Å². The van der Waals surface area contributed by atoms with Crippen LogP contribution in [0, 0.1) is 6.92 Å². The molecule has 2 N–H and O–H groups in total. The molecule has 1 aromatic carbocycles. The predicted octanol–water partition coefficient (Wildman–Crippen LogP) is 2.57. The molecule has 0 bridgehead atoms. The summed E-state index contributed by atoms with van der Waals surface area (Å²) in [4.78, 5) is 0. The molecule has 0 aliphatic heterocycles. The number of aliphatic hydroxyl groups excluding tert-OH is 1. The Kier molecular flexibility index (Phi) is 3.99. The summed E-state index contributed by atoms with van der Waals surface area (Å²) in [6.45, 7) is 3.75. The van der Waals surface area contributed by atoms with Crippen LogP contribution in [0.5, 0.6) is 11.5 Å². The maximum absolute atomic E-state index is 9.99. The average molecular weight is 275 g/mol. The number of aliphatic hydroxyl groups is 1. The maximum Gasteiger partial charge on any atom is 0.174 e. The van der Waals surface area contributed by atoms with E-state index in [2.05, 4.69) is 15.9 Å². The van der Waals surface area contributed by atoms with Gasteiger partial charge in [-0.3, -0.25) is 0 Å². The Hall–Kier alpha value is -0.740. The first-order valence-electron chi connectivity index (χ1n) is 4.69. The molecule has 4 heteroatoms.